The van der Waals surface area contributed by atoms with Gasteiger partial charge in [0.1, 0.15) is 12.4 Å². The van der Waals surface area contributed by atoms with Crippen LogP contribution >= 0.6 is 23.2 Å². The number of rotatable bonds is 7. The summed E-state index contributed by atoms with van der Waals surface area (Å²) in [6, 6.07) is 12.1. The molecule has 0 spiro atoms. The lowest BCUT2D eigenvalue weighted by Crippen LogP contribution is -2.28. The number of carboxylic acids is 1. The van der Waals surface area contributed by atoms with Crippen LogP contribution in [0.4, 0.5) is 5.69 Å². The minimum absolute atomic E-state index is 0.448. The average molecular weight is 366 g/mol. The summed E-state index contributed by atoms with van der Waals surface area (Å²) in [4.78, 5) is 10.4. The van der Waals surface area contributed by atoms with Crippen LogP contribution in [0.5, 0.6) is 5.75 Å². The van der Waals surface area contributed by atoms with E-state index >= 15 is 0 Å². The summed E-state index contributed by atoms with van der Waals surface area (Å²) in [5, 5.41) is 15.7. The molecule has 0 fully saturated rings. The van der Waals surface area contributed by atoms with E-state index in [9.17, 15) is 9.90 Å². The Labute approximate surface area is 149 Å². The first-order chi connectivity index (χ1) is 11.5. The number of nitrogens with one attached hydrogen (secondary N) is 1. The van der Waals surface area contributed by atoms with Gasteiger partial charge in [-0.05, 0) is 54.4 Å². The molecule has 0 amide bonds. The smallest absolute Gasteiger partial charge is 0.128 e. The highest BCUT2D eigenvalue weighted by Gasteiger charge is 2.04. The van der Waals surface area contributed by atoms with Crippen molar-refractivity contribution in [3.05, 3.63) is 58.1 Å². The lowest BCUT2D eigenvalue weighted by molar-refractivity contribution is -0.307. The van der Waals surface area contributed by atoms with Gasteiger partial charge in [0.25, 0.3) is 0 Å². The lowest BCUT2D eigenvalue weighted by Gasteiger charge is -2.09. The van der Waals surface area contributed by atoms with E-state index in [-0.39, 0.29) is 0 Å². The predicted octanol–water partition coefficient (Wildman–Crippen LogP) is 3.35. The Balaban J connectivity index is 2.09. The van der Waals surface area contributed by atoms with E-state index in [1.807, 2.05) is 19.1 Å². The molecule has 1 N–H and O–H groups in total. The Morgan fingerprint density at radius 2 is 1.88 bits per heavy atom. The summed E-state index contributed by atoms with van der Waals surface area (Å²) in [7, 11) is 0. The Morgan fingerprint density at radius 3 is 2.46 bits per heavy atom. The molecular weight excluding hydrogens is 351 g/mol. The van der Waals surface area contributed by atoms with Gasteiger partial charge in [-0.15, -0.1) is 0 Å². The number of nitrogens with zero attached hydrogens (tertiary/aromatic N) is 1. The first-order valence-electron chi connectivity index (χ1n) is 7.20. The molecule has 0 aliphatic heterocycles. The Morgan fingerprint density at radius 1 is 1.17 bits per heavy atom. The van der Waals surface area contributed by atoms with Gasteiger partial charge in [0.05, 0.1) is 27.4 Å². The minimum atomic E-state index is -1.26. The van der Waals surface area contributed by atoms with Crippen molar-refractivity contribution in [2.75, 3.05) is 12.0 Å². The number of hydrogen-bond acceptors (Lipinski definition) is 5. The van der Waals surface area contributed by atoms with Crippen LogP contribution in [0.25, 0.3) is 0 Å². The predicted molar refractivity (Wildman–Crippen MR) is 93.9 cm³/mol. The molecule has 5 nitrogen and oxygen atoms in total. The van der Waals surface area contributed by atoms with Gasteiger partial charge in [-0.2, -0.15) is 5.10 Å². The van der Waals surface area contributed by atoms with Gasteiger partial charge in [-0.1, -0.05) is 30.1 Å². The molecule has 0 aliphatic carbocycles. The van der Waals surface area contributed by atoms with Crippen molar-refractivity contribution in [2.45, 2.75) is 13.3 Å². The average Bonchev–Trinajstić information content (AvgIpc) is 2.57. The maximum Gasteiger partial charge on any atom is 0.128 e. The van der Waals surface area contributed by atoms with Gasteiger partial charge in [-0.3, -0.25) is 5.43 Å². The molecule has 0 aromatic heterocycles. The second-order valence-electron chi connectivity index (χ2n) is 4.84. The van der Waals surface area contributed by atoms with Crippen molar-refractivity contribution >= 4 is 40.6 Å². The summed E-state index contributed by atoms with van der Waals surface area (Å²) >= 11 is 11.8. The van der Waals surface area contributed by atoms with Crippen LogP contribution in [0.1, 0.15) is 18.9 Å². The molecule has 0 atom stereocenters. The van der Waals surface area contributed by atoms with Gasteiger partial charge in [0.15, 0.2) is 0 Å². The van der Waals surface area contributed by atoms with Gasteiger partial charge < -0.3 is 14.6 Å². The molecule has 7 heteroatoms. The number of anilines is 1. The fraction of sp³-hybridized carbons (Fsp3) is 0.176. The third-order valence-electron chi connectivity index (χ3n) is 3.12. The molecular formula is C17H15Cl2N2O3-. The van der Waals surface area contributed by atoms with Crippen molar-refractivity contribution in [1.29, 1.82) is 0 Å². The normalized spacial score (nSPS) is 11.2. The quantitative estimate of drug-likeness (QED) is 0.603. The summed E-state index contributed by atoms with van der Waals surface area (Å²) < 4.78 is 5.04. The number of halogens is 2. The molecule has 0 heterocycles. The van der Waals surface area contributed by atoms with E-state index < -0.39 is 12.6 Å². The fourth-order valence-corrected chi connectivity index (χ4v) is 2.23. The van der Waals surface area contributed by atoms with E-state index in [0.29, 0.717) is 22.2 Å². The van der Waals surface area contributed by atoms with Crippen molar-refractivity contribution in [2.24, 2.45) is 5.10 Å². The van der Waals surface area contributed by atoms with Crippen molar-refractivity contribution in [3.63, 3.8) is 0 Å². The van der Waals surface area contributed by atoms with Crippen LogP contribution in [0.15, 0.2) is 47.6 Å². The third-order valence-corrected chi connectivity index (χ3v) is 3.86. The van der Waals surface area contributed by atoms with Crippen LogP contribution in [0.2, 0.25) is 10.0 Å². The second-order valence-corrected chi connectivity index (χ2v) is 5.65. The van der Waals surface area contributed by atoms with Crippen LogP contribution < -0.4 is 15.3 Å². The first kappa shape index (κ1) is 18.1. The monoisotopic (exact) mass is 365 g/mol. The third kappa shape index (κ3) is 5.15. The van der Waals surface area contributed by atoms with Gasteiger partial charge in [-0.25, -0.2) is 0 Å². The van der Waals surface area contributed by atoms with Crippen LogP contribution in [-0.2, 0) is 4.79 Å². The molecule has 0 aliphatic rings. The molecule has 0 saturated carbocycles. The van der Waals surface area contributed by atoms with Crippen molar-refractivity contribution < 1.29 is 14.6 Å². The largest absolute Gasteiger partial charge is 0.546 e. The molecule has 2 aromatic carbocycles. The van der Waals surface area contributed by atoms with E-state index in [1.165, 1.54) is 0 Å². The van der Waals surface area contributed by atoms with Crippen molar-refractivity contribution in [1.82, 2.24) is 0 Å². The fourth-order valence-electron chi connectivity index (χ4n) is 1.93. The Hall–Kier alpha value is -2.24. The topological polar surface area (TPSA) is 73.8 Å². The molecule has 0 radical (unpaired) electrons. The molecule has 24 heavy (non-hydrogen) atoms. The zero-order valence-corrected chi connectivity index (χ0v) is 14.4. The number of hydrazone groups is 1. The van der Waals surface area contributed by atoms with E-state index in [2.05, 4.69) is 10.5 Å². The number of carbonyl (C=O) groups is 1. The van der Waals surface area contributed by atoms with Gasteiger partial charge >= 0.3 is 0 Å². The minimum Gasteiger partial charge on any atom is -0.546 e. The highest BCUT2D eigenvalue weighted by atomic mass is 35.5. The highest BCUT2D eigenvalue weighted by molar-refractivity contribution is 6.42. The summed E-state index contributed by atoms with van der Waals surface area (Å²) in [5.74, 6) is -0.809. The zero-order valence-electron chi connectivity index (χ0n) is 12.9. The molecule has 2 aromatic rings. The van der Waals surface area contributed by atoms with E-state index in [1.54, 1.807) is 30.3 Å². The van der Waals surface area contributed by atoms with Gasteiger partial charge in [0, 0.05) is 0 Å². The summed E-state index contributed by atoms with van der Waals surface area (Å²) in [6.45, 7) is 1.50. The maximum atomic E-state index is 10.4. The summed E-state index contributed by atoms with van der Waals surface area (Å²) in [5.41, 5.74) is 5.39. The van der Waals surface area contributed by atoms with Crippen LogP contribution in [0, 0.1) is 0 Å². The molecule has 126 valence electrons. The SMILES string of the molecule is CC/C(=N/Nc1ccc(Cl)c(Cl)c1)c1ccc(OCC(=O)[O-])cc1. The Kier molecular flexibility index (Phi) is 6.46. The number of benzene rings is 2. The number of ether oxygens (including phenoxy) is 1. The maximum absolute atomic E-state index is 10.4. The van der Waals surface area contributed by atoms with Crippen LogP contribution in [0.3, 0.4) is 0 Å². The number of hydrogen-bond donors (Lipinski definition) is 1. The summed E-state index contributed by atoms with van der Waals surface area (Å²) in [6.07, 6.45) is 0.702. The zero-order chi connectivity index (χ0) is 17.5. The molecule has 0 saturated heterocycles. The second kappa shape index (κ2) is 8.57. The number of carbonyl (C=O) groups excluding carboxylic acids is 1. The first-order valence-corrected chi connectivity index (χ1v) is 7.96. The number of carboxylic acid groups (broad SMARTS) is 1. The molecule has 2 rings (SSSR count). The standard InChI is InChI=1S/C17H16Cl2N2O3/c1-2-16(21-20-12-5-8-14(18)15(19)9-12)11-3-6-13(7-4-11)24-10-17(22)23/h3-9,20H,2,10H2,1H3,(H,22,23)/p-1/b21-16-. The van der Waals surface area contributed by atoms with Crippen LogP contribution in [-0.4, -0.2) is 18.3 Å². The lowest BCUT2D eigenvalue weighted by atomic mass is 10.1. The van der Waals surface area contributed by atoms with Gasteiger partial charge in [0.2, 0.25) is 0 Å². The molecule has 0 bridgehead atoms. The van der Waals surface area contributed by atoms with Crippen molar-refractivity contribution in [3.8, 4) is 5.75 Å². The van der Waals surface area contributed by atoms with E-state index in [0.717, 1.165) is 17.0 Å². The van der Waals surface area contributed by atoms with E-state index in [4.69, 9.17) is 27.9 Å². The highest BCUT2D eigenvalue weighted by Crippen LogP contribution is 2.25. The number of aliphatic carboxylic acids is 1. The molecule has 0 unspecified atom stereocenters. The Bertz CT molecular complexity index is 746.